The summed E-state index contributed by atoms with van der Waals surface area (Å²) in [7, 11) is 0. The van der Waals surface area contributed by atoms with E-state index in [1.54, 1.807) is 0 Å². The zero-order valence-electron chi connectivity index (χ0n) is 32.4. The highest BCUT2D eigenvalue weighted by molar-refractivity contribution is 5.80. The Morgan fingerprint density at radius 3 is 1.31 bits per heavy atom. The maximum atomic E-state index is 12.4. The van der Waals surface area contributed by atoms with E-state index in [4.69, 9.17) is 0 Å². The van der Waals surface area contributed by atoms with E-state index in [2.05, 4.69) is 43.5 Å². The summed E-state index contributed by atoms with van der Waals surface area (Å²) in [6.07, 6.45) is 42.7. The molecule has 0 aromatic carbocycles. The van der Waals surface area contributed by atoms with E-state index in [1.807, 2.05) is 0 Å². The van der Waals surface area contributed by atoms with Crippen molar-refractivity contribution in [3.63, 3.8) is 0 Å². The van der Waals surface area contributed by atoms with Crippen LogP contribution in [0.4, 0.5) is 0 Å². The van der Waals surface area contributed by atoms with Gasteiger partial charge in [-0.2, -0.15) is 0 Å². The third-order valence-corrected chi connectivity index (χ3v) is 9.87. The van der Waals surface area contributed by atoms with Crippen molar-refractivity contribution in [1.29, 1.82) is 0 Å². The van der Waals surface area contributed by atoms with Gasteiger partial charge < -0.3 is 25.7 Å². The molecule has 4 unspecified atom stereocenters. The summed E-state index contributed by atoms with van der Waals surface area (Å²) in [6, 6.07) is -0.997. The molecule has 0 aliphatic carbocycles. The summed E-state index contributed by atoms with van der Waals surface area (Å²) in [5, 5.41) is 43.1. The van der Waals surface area contributed by atoms with Crippen LogP contribution in [0.25, 0.3) is 0 Å². The van der Waals surface area contributed by atoms with E-state index >= 15 is 0 Å². The highest BCUT2D eigenvalue weighted by Crippen LogP contribution is 2.15. The van der Waals surface area contributed by atoms with Crippen molar-refractivity contribution in [2.24, 2.45) is 0 Å². The van der Waals surface area contributed by atoms with Gasteiger partial charge in [-0.25, -0.2) is 0 Å². The van der Waals surface area contributed by atoms with Crippen molar-refractivity contribution in [2.75, 3.05) is 6.61 Å². The molecule has 0 bridgehead atoms. The number of hydrogen-bond donors (Lipinski definition) is 5. The second-order valence-corrected chi connectivity index (χ2v) is 14.7. The van der Waals surface area contributed by atoms with Gasteiger partial charge in [0.15, 0.2) is 0 Å². The first-order valence-electron chi connectivity index (χ1n) is 21.2. The molecular weight excluding hydrogens is 610 g/mol. The number of carbonyl (C=O) groups excluding carboxylic acids is 1. The largest absolute Gasteiger partial charge is 0.394 e. The lowest BCUT2D eigenvalue weighted by molar-refractivity contribution is -0.132. The minimum atomic E-state index is -1.28. The van der Waals surface area contributed by atoms with E-state index in [9.17, 15) is 25.2 Å². The minimum Gasteiger partial charge on any atom is -0.394 e. The zero-order valence-corrected chi connectivity index (χ0v) is 32.4. The highest BCUT2D eigenvalue weighted by Gasteiger charge is 2.28. The van der Waals surface area contributed by atoms with Gasteiger partial charge >= 0.3 is 0 Å². The molecular formula is C43H83NO5. The SMILES string of the molecule is CCC/C=C/CCCC(O)C(O)C(CO)NC(=O)C(O)CCCCCCCCCCCCC/C=C\CCCCCCCCCCCCCC. The number of carbonyl (C=O) groups is 1. The number of hydrogen-bond acceptors (Lipinski definition) is 5. The Balaban J connectivity index is 3.57. The third-order valence-electron chi connectivity index (χ3n) is 9.87. The van der Waals surface area contributed by atoms with E-state index < -0.39 is 36.9 Å². The summed E-state index contributed by atoms with van der Waals surface area (Å²) in [6.45, 7) is 3.91. The van der Waals surface area contributed by atoms with Crippen LogP contribution in [0.15, 0.2) is 24.3 Å². The van der Waals surface area contributed by atoms with Crippen LogP contribution in [-0.2, 0) is 4.79 Å². The lowest BCUT2D eigenvalue weighted by Crippen LogP contribution is -2.53. The highest BCUT2D eigenvalue weighted by atomic mass is 16.3. The van der Waals surface area contributed by atoms with Crippen LogP contribution >= 0.6 is 0 Å². The van der Waals surface area contributed by atoms with E-state index in [0.29, 0.717) is 19.3 Å². The molecule has 0 rings (SSSR count). The van der Waals surface area contributed by atoms with Crippen LogP contribution in [-0.4, -0.2) is 57.3 Å². The van der Waals surface area contributed by atoms with E-state index in [1.165, 1.54) is 141 Å². The van der Waals surface area contributed by atoms with Crippen LogP contribution in [0, 0.1) is 0 Å². The van der Waals surface area contributed by atoms with Crippen molar-refractivity contribution in [3.05, 3.63) is 24.3 Å². The van der Waals surface area contributed by atoms with Gasteiger partial charge in [-0.15, -0.1) is 0 Å². The van der Waals surface area contributed by atoms with Crippen molar-refractivity contribution < 1.29 is 25.2 Å². The third kappa shape index (κ3) is 32.4. The van der Waals surface area contributed by atoms with Gasteiger partial charge in [0.1, 0.15) is 12.2 Å². The Hall–Kier alpha value is -1.21. The second kappa shape index (κ2) is 38.0. The first-order valence-corrected chi connectivity index (χ1v) is 21.2. The van der Waals surface area contributed by atoms with Gasteiger partial charge in [0.05, 0.1) is 18.8 Å². The molecule has 1 amide bonds. The molecule has 6 nitrogen and oxygen atoms in total. The fraction of sp³-hybridized carbons (Fsp3) is 0.884. The Bertz CT molecular complexity index is 742. The number of nitrogens with one attached hydrogen (secondary N) is 1. The smallest absolute Gasteiger partial charge is 0.249 e. The topological polar surface area (TPSA) is 110 Å². The summed E-state index contributed by atoms with van der Waals surface area (Å²) in [5.74, 6) is -0.598. The lowest BCUT2D eigenvalue weighted by Gasteiger charge is -2.27. The molecule has 0 spiro atoms. The van der Waals surface area contributed by atoms with Crippen molar-refractivity contribution >= 4 is 5.91 Å². The van der Waals surface area contributed by atoms with Gasteiger partial charge in [-0.1, -0.05) is 179 Å². The number of allylic oxidation sites excluding steroid dienone is 4. The molecule has 0 aliphatic rings. The molecule has 290 valence electrons. The summed E-state index contributed by atoms with van der Waals surface area (Å²) in [4.78, 5) is 12.4. The lowest BCUT2D eigenvalue weighted by atomic mass is 10.00. The summed E-state index contributed by atoms with van der Waals surface area (Å²) in [5.41, 5.74) is 0. The zero-order chi connectivity index (χ0) is 36.0. The van der Waals surface area contributed by atoms with Crippen LogP contribution in [0.3, 0.4) is 0 Å². The summed E-state index contributed by atoms with van der Waals surface area (Å²) >= 11 is 0. The predicted molar refractivity (Wildman–Crippen MR) is 210 cm³/mol. The normalized spacial score (nSPS) is 14.5. The monoisotopic (exact) mass is 694 g/mol. The van der Waals surface area contributed by atoms with E-state index in [0.717, 1.165) is 38.5 Å². The number of rotatable bonds is 38. The van der Waals surface area contributed by atoms with Crippen LogP contribution < -0.4 is 5.32 Å². The standard InChI is InChI=1S/C43H83NO5/c1-3-5-7-9-11-12-13-14-15-16-17-18-19-20-21-22-23-24-25-26-27-28-29-30-31-33-35-37-41(47)43(49)44-39(38-45)42(48)40(46)36-34-32-10-8-6-4-2/h8,10,20-21,39-42,45-48H,3-7,9,11-19,22-38H2,1-2H3,(H,44,49)/b10-8+,21-20-. The fourth-order valence-electron chi connectivity index (χ4n) is 6.46. The van der Waals surface area contributed by atoms with Gasteiger partial charge in [-0.3, -0.25) is 4.79 Å². The first kappa shape index (κ1) is 47.8. The Labute approximate surface area is 304 Å². The van der Waals surface area contributed by atoms with Gasteiger partial charge in [0.2, 0.25) is 5.91 Å². The first-order chi connectivity index (χ1) is 24.0. The molecule has 0 fully saturated rings. The maximum Gasteiger partial charge on any atom is 0.249 e. The van der Waals surface area contributed by atoms with Crippen molar-refractivity contribution in [2.45, 2.75) is 237 Å². The average molecular weight is 694 g/mol. The summed E-state index contributed by atoms with van der Waals surface area (Å²) < 4.78 is 0. The molecule has 0 saturated heterocycles. The molecule has 0 heterocycles. The van der Waals surface area contributed by atoms with Gasteiger partial charge in [0.25, 0.3) is 0 Å². The molecule has 5 N–H and O–H groups in total. The maximum absolute atomic E-state index is 12.4. The van der Waals surface area contributed by atoms with Gasteiger partial charge in [0, 0.05) is 0 Å². The number of aliphatic hydroxyl groups excluding tert-OH is 4. The quantitative estimate of drug-likeness (QED) is 0.0327. The molecule has 0 aromatic heterocycles. The second-order valence-electron chi connectivity index (χ2n) is 14.7. The Morgan fingerprint density at radius 1 is 0.490 bits per heavy atom. The number of aliphatic hydroxyl groups is 4. The average Bonchev–Trinajstić information content (AvgIpc) is 3.11. The number of amides is 1. The number of unbranched alkanes of at least 4 members (excludes halogenated alkanes) is 25. The van der Waals surface area contributed by atoms with Crippen molar-refractivity contribution in [1.82, 2.24) is 5.32 Å². The fourth-order valence-corrected chi connectivity index (χ4v) is 6.46. The molecule has 0 saturated carbocycles. The van der Waals surface area contributed by atoms with Crippen LogP contribution in [0.5, 0.6) is 0 Å². The Morgan fingerprint density at radius 2 is 0.878 bits per heavy atom. The van der Waals surface area contributed by atoms with Crippen LogP contribution in [0.1, 0.15) is 213 Å². The van der Waals surface area contributed by atoms with E-state index in [-0.39, 0.29) is 0 Å². The molecule has 0 radical (unpaired) electrons. The minimum absolute atomic E-state index is 0.362. The molecule has 4 atom stereocenters. The molecule has 6 heteroatoms. The molecule has 49 heavy (non-hydrogen) atoms. The van der Waals surface area contributed by atoms with Gasteiger partial charge in [-0.05, 0) is 57.8 Å². The molecule has 0 aliphatic heterocycles. The molecule has 0 aromatic rings. The van der Waals surface area contributed by atoms with Crippen molar-refractivity contribution in [3.8, 4) is 0 Å². The predicted octanol–water partition coefficient (Wildman–Crippen LogP) is 10.8. The van der Waals surface area contributed by atoms with Crippen LogP contribution in [0.2, 0.25) is 0 Å². The Kier molecular flexibility index (Phi) is 37.1.